The Hall–Kier alpha value is -4.36. The van der Waals surface area contributed by atoms with Crippen LogP contribution in [0.25, 0.3) is 45.0 Å². The largest absolute Gasteiger partial charge is 2.00 e. The molecule has 0 aliphatic rings. The number of aromatic nitrogens is 6. The minimum atomic E-state index is -4.47. The van der Waals surface area contributed by atoms with E-state index in [2.05, 4.69) is 110 Å². The van der Waals surface area contributed by atoms with Crippen molar-refractivity contribution in [3.8, 4) is 45.0 Å². The van der Waals surface area contributed by atoms with Crippen molar-refractivity contribution in [3.63, 3.8) is 0 Å². The van der Waals surface area contributed by atoms with Gasteiger partial charge in [-0.1, -0.05) is 53.6 Å². The quantitative estimate of drug-likeness (QED) is 0.178. The summed E-state index contributed by atoms with van der Waals surface area (Å²) < 4.78 is 36.6. The second-order valence-electron chi connectivity index (χ2n) is 11.4. The van der Waals surface area contributed by atoms with Crippen LogP contribution in [0.5, 0.6) is 0 Å². The van der Waals surface area contributed by atoms with Crippen LogP contribution in [0.4, 0.5) is 13.2 Å². The molecule has 4 heterocycles. The fourth-order valence-electron chi connectivity index (χ4n) is 5.73. The molecule has 0 atom stereocenters. The zero-order valence-electron chi connectivity index (χ0n) is 26.6. The third-order valence-corrected chi connectivity index (χ3v) is 7.47. The van der Waals surface area contributed by atoms with Crippen LogP contribution < -0.4 is 10.2 Å². The van der Waals surface area contributed by atoms with Crippen LogP contribution in [0.15, 0.2) is 73.1 Å². The Labute approximate surface area is 281 Å². The van der Waals surface area contributed by atoms with Gasteiger partial charge < -0.3 is 20.4 Å². The molecule has 0 unspecified atom stereocenters. The Kier molecular flexibility index (Phi) is 10.5. The van der Waals surface area contributed by atoms with Crippen molar-refractivity contribution in [2.75, 3.05) is 0 Å². The van der Waals surface area contributed by atoms with Gasteiger partial charge in [0.05, 0.1) is 11.4 Å². The van der Waals surface area contributed by atoms with Gasteiger partial charge in [-0.05, 0) is 100 Å². The second-order valence-corrected chi connectivity index (χ2v) is 11.4. The van der Waals surface area contributed by atoms with Gasteiger partial charge in [-0.25, -0.2) is 0 Å². The maximum Gasteiger partial charge on any atom is 2.00 e. The minimum Gasteiger partial charge on any atom is -0.576 e. The first-order valence-electron chi connectivity index (χ1n) is 14.4. The van der Waals surface area contributed by atoms with Gasteiger partial charge in [-0.3, -0.25) is 9.97 Å². The van der Waals surface area contributed by atoms with Crippen molar-refractivity contribution in [2.24, 2.45) is 0 Å². The van der Waals surface area contributed by atoms with Gasteiger partial charge in [0.15, 0.2) is 0 Å². The topological polar surface area (TPSA) is 79.8 Å². The Balaban J connectivity index is 0.000000253. The van der Waals surface area contributed by atoms with Crippen molar-refractivity contribution in [1.82, 2.24) is 30.4 Å². The molecule has 6 rings (SSSR count). The summed E-state index contributed by atoms with van der Waals surface area (Å²) in [5.74, 6) is 0. The van der Waals surface area contributed by atoms with Gasteiger partial charge in [0.1, 0.15) is 5.69 Å². The molecule has 4 aromatic heterocycles. The summed E-state index contributed by atoms with van der Waals surface area (Å²) >= 11 is 0. The second kappa shape index (κ2) is 14.0. The number of aryl methyl sites for hydroxylation is 7. The van der Waals surface area contributed by atoms with E-state index in [1.807, 2.05) is 12.4 Å². The Morgan fingerprint density at radius 2 is 0.957 bits per heavy atom. The fraction of sp³-hybridized carbons (Fsp3) is 0.222. The first-order chi connectivity index (χ1) is 21.3. The summed E-state index contributed by atoms with van der Waals surface area (Å²) in [5, 5.41) is 13.8. The summed E-state index contributed by atoms with van der Waals surface area (Å²) in [6.45, 7) is 14.6. The van der Waals surface area contributed by atoms with Crippen molar-refractivity contribution >= 4 is 0 Å². The predicted octanol–water partition coefficient (Wildman–Crippen LogP) is 8.71. The summed E-state index contributed by atoms with van der Waals surface area (Å²) in [7, 11) is 0. The zero-order valence-corrected chi connectivity index (χ0v) is 28.8. The summed E-state index contributed by atoms with van der Waals surface area (Å²) in [5.41, 5.74) is 14.4. The first-order valence-corrected chi connectivity index (χ1v) is 14.4. The molecule has 0 aliphatic carbocycles. The van der Waals surface area contributed by atoms with E-state index in [1.165, 1.54) is 44.5 Å². The van der Waals surface area contributed by atoms with Gasteiger partial charge in [-0.2, -0.15) is 13.2 Å². The van der Waals surface area contributed by atoms with E-state index in [0.29, 0.717) is 11.4 Å². The number of halogens is 3. The third kappa shape index (κ3) is 7.70. The number of pyridine rings is 2. The van der Waals surface area contributed by atoms with Crippen LogP contribution in [-0.4, -0.2) is 20.2 Å². The third-order valence-electron chi connectivity index (χ3n) is 7.47. The number of hydrogen-bond donors (Lipinski definition) is 0. The molecule has 10 heteroatoms. The monoisotopic (exact) mass is 801 g/mol. The molecule has 6 aromatic rings. The molecule has 0 N–H and O–H groups in total. The van der Waals surface area contributed by atoms with Crippen molar-refractivity contribution < 1.29 is 34.2 Å². The number of hydrogen-bond acceptors (Lipinski definition) is 4. The van der Waals surface area contributed by atoms with E-state index in [0.717, 1.165) is 28.6 Å². The average Bonchev–Trinajstić information content (AvgIpc) is 3.63. The van der Waals surface area contributed by atoms with Gasteiger partial charge in [0.25, 0.3) is 0 Å². The maximum atomic E-state index is 12.2. The zero-order chi connectivity index (χ0) is 32.5. The van der Waals surface area contributed by atoms with E-state index < -0.39 is 11.9 Å². The van der Waals surface area contributed by atoms with Crippen LogP contribution in [0.2, 0.25) is 0 Å². The molecular formula is C36H33F3N6Pt. The number of rotatable bonds is 4. The first kappa shape index (κ1) is 34.5. The van der Waals surface area contributed by atoms with Crippen LogP contribution in [-0.2, 0) is 27.2 Å². The molecule has 2 aromatic carbocycles. The van der Waals surface area contributed by atoms with Crippen LogP contribution >= 0.6 is 0 Å². The van der Waals surface area contributed by atoms with E-state index >= 15 is 0 Å². The minimum absolute atomic E-state index is 0. The molecule has 0 aliphatic heterocycles. The number of benzene rings is 2. The molecule has 46 heavy (non-hydrogen) atoms. The molecule has 0 amide bonds. The van der Waals surface area contributed by atoms with Crippen molar-refractivity contribution in [2.45, 2.75) is 54.6 Å². The van der Waals surface area contributed by atoms with Crippen molar-refractivity contribution in [3.05, 3.63) is 118 Å². The standard InChI is InChI=1S/C28H28N2.C8H5F3N4.Pt/c1-17-11-19(3)27(20(4)12-17)23-7-9-25(29-15-23)26-10-8-24(16-30-26)28-21(5)13-18(2)14-22(28)6;1-4-2-5(13-12-4)6-3-7(15-14-6)8(9,10)11;/h7-16H,1-6H3;2-3H,1H3;/q;-2;+2. The number of nitrogens with zero attached hydrogens (tertiary/aromatic N) is 6. The summed E-state index contributed by atoms with van der Waals surface area (Å²) in [6.07, 6.45) is -0.548. The molecule has 0 bridgehead atoms. The van der Waals surface area contributed by atoms with Crippen LogP contribution in [0.3, 0.4) is 0 Å². The van der Waals surface area contributed by atoms with Gasteiger partial charge >= 0.3 is 27.2 Å². The average molecular weight is 802 g/mol. The Bertz CT molecular complexity index is 1810. The molecule has 0 spiro atoms. The SMILES string of the molecule is Cc1cc(-c2cc(C(F)(F)F)n[n-]2)[n-]n1.Cc1cc(C)c(-c2ccc(-c3ccc(-c4c(C)cc(C)cc4C)cn3)nc2)c(C)c1.[Pt+2]. The molecule has 238 valence electrons. The Morgan fingerprint density at radius 1 is 0.543 bits per heavy atom. The van der Waals surface area contributed by atoms with Gasteiger partial charge in [0.2, 0.25) is 0 Å². The van der Waals surface area contributed by atoms with Gasteiger partial charge in [0, 0.05) is 29.2 Å². The normalized spacial score (nSPS) is 11.1. The van der Waals surface area contributed by atoms with Gasteiger partial charge in [-0.15, -0.1) is 11.4 Å². The molecular weight excluding hydrogens is 769 g/mol. The van der Waals surface area contributed by atoms with E-state index in [-0.39, 0.29) is 26.8 Å². The molecule has 6 nitrogen and oxygen atoms in total. The van der Waals surface area contributed by atoms with Crippen molar-refractivity contribution in [1.29, 1.82) is 0 Å². The van der Waals surface area contributed by atoms with E-state index in [1.54, 1.807) is 13.0 Å². The fourth-order valence-corrected chi connectivity index (χ4v) is 5.73. The molecule has 0 radical (unpaired) electrons. The van der Waals surface area contributed by atoms with E-state index in [4.69, 9.17) is 9.97 Å². The maximum absolute atomic E-state index is 12.2. The molecule has 0 fully saturated rings. The van der Waals surface area contributed by atoms with E-state index in [9.17, 15) is 13.2 Å². The Morgan fingerprint density at radius 3 is 1.28 bits per heavy atom. The smallest absolute Gasteiger partial charge is 0.576 e. The number of alkyl halides is 3. The molecule has 0 saturated carbocycles. The van der Waals surface area contributed by atoms with Crippen LogP contribution in [0.1, 0.15) is 44.8 Å². The summed E-state index contributed by atoms with van der Waals surface area (Å²) in [4.78, 5) is 9.43. The summed E-state index contributed by atoms with van der Waals surface area (Å²) in [6, 6.07) is 19.7. The predicted molar refractivity (Wildman–Crippen MR) is 171 cm³/mol. The van der Waals surface area contributed by atoms with Crippen LogP contribution in [0, 0.1) is 48.5 Å². The molecule has 0 saturated heterocycles.